The highest BCUT2D eigenvalue weighted by molar-refractivity contribution is 7.91. The maximum absolute atomic E-state index is 12.4. The lowest BCUT2D eigenvalue weighted by atomic mass is 9.96. The first-order chi connectivity index (χ1) is 10.5. The van der Waals surface area contributed by atoms with E-state index in [9.17, 15) is 13.2 Å². The summed E-state index contributed by atoms with van der Waals surface area (Å²) in [6.07, 6.45) is 3.62. The van der Waals surface area contributed by atoms with Gasteiger partial charge in [-0.15, -0.1) is 11.3 Å². The third-order valence-corrected chi connectivity index (χ3v) is 7.88. The van der Waals surface area contributed by atoms with Gasteiger partial charge in [-0.25, -0.2) is 8.42 Å². The van der Waals surface area contributed by atoms with Crippen LogP contribution >= 0.6 is 11.3 Å². The second kappa shape index (κ2) is 6.29. The van der Waals surface area contributed by atoms with Crippen LogP contribution in [0.1, 0.15) is 32.6 Å². The first-order valence-corrected chi connectivity index (χ1v) is 10.1. The Balaban J connectivity index is 1.55. The lowest BCUT2D eigenvalue weighted by Crippen LogP contribution is -2.45. The SMILES string of the molecule is CC(NC(=O)C1CCN(S(=O)(=O)c2cccs2)CC1)C1CC1. The lowest BCUT2D eigenvalue weighted by Gasteiger charge is -2.30. The first-order valence-electron chi connectivity index (χ1n) is 7.82. The number of nitrogens with one attached hydrogen (secondary N) is 1. The predicted octanol–water partition coefficient (Wildman–Crippen LogP) is 2.06. The molecule has 122 valence electrons. The largest absolute Gasteiger partial charge is 0.353 e. The number of sulfonamides is 1. The Morgan fingerprint density at radius 2 is 2.00 bits per heavy atom. The molecule has 0 bridgehead atoms. The summed E-state index contributed by atoms with van der Waals surface area (Å²) in [6.45, 7) is 2.91. The molecule has 1 atom stereocenters. The summed E-state index contributed by atoms with van der Waals surface area (Å²) in [5, 5.41) is 4.86. The number of carbonyl (C=O) groups is 1. The summed E-state index contributed by atoms with van der Waals surface area (Å²) >= 11 is 1.24. The Hall–Kier alpha value is -0.920. The van der Waals surface area contributed by atoms with Gasteiger partial charge in [0, 0.05) is 25.0 Å². The molecule has 1 aliphatic carbocycles. The van der Waals surface area contributed by atoms with Crippen LogP contribution < -0.4 is 5.32 Å². The number of amides is 1. The molecule has 1 N–H and O–H groups in total. The van der Waals surface area contributed by atoms with Gasteiger partial charge >= 0.3 is 0 Å². The average Bonchev–Trinajstić information content (AvgIpc) is 3.21. The lowest BCUT2D eigenvalue weighted by molar-refractivity contribution is -0.126. The van der Waals surface area contributed by atoms with Crippen molar-refractivity contribution in [1.29, 1.82) is 0 Å². The van der Waals surface area contributed by atoms with Gasteiger partial charge in [-0.2, -0.15) is 4.31 Å². The van der Waals surface area contributed by atoms with Crippen molar-refractivity contribution in [3.63, 3.8) is 0 Å². The maximum atomic E-state index is 12.4. The zero-order valence-corrected chi connectivity index (χ0v) is 14.3. The van der Waals surface area contributed by atoms with Crippen molar-refractivity contribution in [3.8, 4) is 0 Å². The zero-order chi connectivity index (χ0) is 15.7. The Morgan fingerprint density at radius 1 is 1.32 bits per heavy atom. The standard InChI is InChI=1S/C15H22N2O3S2/c1-11(12-4-5-12)16-15(18)13-6-8-17(9-7-13)22(19,20)14-3-2-10-21-14/h2-3,10-13H,4-9H2,1H3,(H,16,18). The molecule has 3 rings (SSSR count). The van der Waals surface area contributed by atoms with Gasteiger partial charge in [0.1, 0.15) is 4.21 Å². The normalized spacial score (nSPS) is 22.4. The van der Waals surface area contributed by atoms with E-state index in [4.69, 9.17) is 0 Å². The molecule has 1 aromatic rings. The molecule has 1 unspecified atom stereocenters. The van der Waals surface area contributed by atoms with E-state index in [0.29, 0.717) is 36.1 Å². The van der Waals surface area contributed by atoms with Gasteiger partial charge in [-0.1, -0.05) is 6.07 Å². The number of piperidine rings is 1. The van der Waals surface area contributed by atoms with Gasteiger partial charge in [0.15, 0.2) is 0 Å². The van der Waals surface area contributed by atoms with Gasteiger partial charge in [-0.05, 0) is 50.0 Å². The topological polar surface area (TPSA) is 66.5 Å². The molecule has 1 aromatic heterocycles. The van der Waals surface area contributed by atoms with E-state index >= 15 is 0 Å². The minimum Gasteiger partial charge on any atom is -0.353 e. The van der Waals surface area contributed by atoms with Gasteiger partial charge in [0.2, 0.25) is 5.91 Å². The van der Waals surface area contributed by atoms with Crippen LogP contribution in [-0.4, -0.2) is 37.8 Å². The van der Waals surface area contributed by atoms with Crippen molar-refractivity contribution in [1.82, 2.24) is 9.62 Å². The molecule has 7 heteroatoms. The van der Waals surface area contributed by atoms with Crippen LogP contribution in [0.4, 0.5) is 0 Å². The van der Waals surface area contributed by atoms with E-state index in [2.05, 4.69) is 12.2 Å². The third-order valence-electron chi connectivity index (χ3n) is 4.61. The van der Waals surface area contributed by atoms with E-state index in [-0.39, 0.29) is 17.9 Å². The molecule has 0 spiro atoms. The Kier molecular flexibility index (Phi) is 4.56. The fourth-order valence-electron chi connectivity index (χ4n) is 2.95. The van der Waals surface area contributed by atoms with Crippen molar-refractivity contribution in [2.75, 3.05) is 13.1 Å². The quantitative estimate of drug-likeness (QED) is 0.891. The van der Waals surface area contributed by atoms with Crippen LogP contribution in [0.15, 0.2) is 21.7 Å². The zero-order valence-electron chi connectivity index (χ0n) is 12.7. The summed E-state index contributed by atoms with van der Waals surface area (Å²) in [4.78, 5) is 12.2. The molecule has 1 aliphatic heterocycles. The van der Waals surface area contributed by atoms with Gasteiger partial charge in [-0.3, -0.25) is 4.79 Å². The van der Waals surface area contributed by atoms with E-state index in [1.54, 1.807) is 17.5 Å². The van der Waals surface area contributed by atoms with Crippen LogP contribution in [0, 0.1) is 11.8 Å². The highest BCUT2D eigenvalue weighted by atomic mass is 32.2. The molecular formula is C15H22N2O3S2. The van der Waals surface area contributed by atoms with Crippen LogP contribution in [0.5, 0.6) is 0 Å². The monoisotopic (exact) mass is 342 g/mol. The van der Waals surface area contributed by atoms with Gasteiger partial charge in [0.25, 0.3) is 10.0 Å². The van der Waals surface area contributed by atoms with E-state index in [0.717, 1.165) is 0 Å². The highest BCUT2D eigenvalue weighted by Gasteiger charge is 2.34. The minimum atomic E-state index is -3.37. The molecule has 0 radical (unpaired) electrons. The number of hydrogen-bond acceptors (Lipinski definition) is 4. The van der Waals surface area contributed by atoms with E-state index < -0.39 is 10.0 Å². The van der Waals surface area contributed by atoms with Crippen molar-refractivity contribution in [2.24, 2.45) is 11.8 Å². The molecule has 22 heavy (non-hydrogen) atoms. The number of hydrogen-bond donors (Lipinski definition) is 1. The molecule has 1 saturated heterocycles. The van der Waals surface area contributed by atoms with E-state index in [1.807, 2.05) is 0 Å². The molecule has 2 fully saturated rings. The summed E-state index contributed by atoms with van der Waals surface area (Å²) in [7, 11) is -3.37. The Morgan fingerprint density at radius 3 is 2.55 bits per heavy atom. The highest BCUT2D eigenvalue weighted by Crippen LogP contribution is 2.33. The maximum Gasteiger partial charge on any atom is 0.252 e. The van der Waals surface area contributed by atoms with Gasteiger partial charge < -0.3 is 5.32 Å². The van der Waals surface area contributed by atoms with Crippen LogP contribution in [0.2, 0.25) is 0 Å². The fourth-order valence-corrected chi connectivity index (χ4v) is 5.57. The number of rotatable bonds is 5. The molecule has 5 nitrogen and oxygen atoms in total. The van der Waals surface area contributed by atoms with Crippen molar-refractivity contribution >= 4 is 27.3 Å². The first kappa shape index (κ1) is 16.0. The molecular weight excluding hydrogens is 320 g/mol. The fraction of sp³-hybridized carbons (Fsp3) is 0.667. The summed E-state index contributed by atoms with van der Waals surface area (Å²) in [6, 6.07) is 3.63. The number of carbonyl (C=O) groups excluding carboxylic acids is 1. The second-order valence-electron chi connectivity index (χ2n) is 6.25. The number of thiophene rings is 1. The summed E-state index contributed by atoms with van der Waals surface area (Å²) in [5.74, 6) is 0.673. The average molecular weight is 342 g/mol. The Labute approximate surface area is 135 Å². The second-order valence-corrected chi connectivity index (χ2v) is 9.36. The molecule has 0 aromatic carbocycles. The van der Waals surface area contributed by atoms with Gasteiger partial charge in [0.05, 0.1) is 0 Å². The van der Waals surface area contributed by atoms with Crippen molar-refractivity contribution in [3.05, 3.63) is 17.5 Å². The molecule has 2 aliphatic rings. The van der Waals surface area contributed by atoms with Crippen molar-refractivity contribution in [2.45, 2.75) is 42.9 Å². The van der Waals surface area contributed by atoms with Crippen LogP contribution in [0.25, 0.3) is 0 Å². The molecule has 1 saturated carbocycles. The van der Waals surface area contributed by atoms with Crippen LogP contribution in [0.3, 0.4) is 0 Å². The predicted molar refractivity (Wildman–Crippen MR) is 86.1 cm³/mol. The van der Waals surface area contributed by atoms with Crippen LogP contribution in [-0.2, 0) is 14.8 Å². The smallest absolute Gasteiger partial charge is 0.252 e. The summed E-state index contributed by atoms with van der Waals surface area (Å²) in [5.41, 5.74) is 0. The minimum absolute atomic E-state index is 0.0593. The number of nitrogens with zero attached hydrogens (tertiary/aromatic N) is 1. The molecule has 2 heterocycles. The third kappa shape index (κ3) is 3.36. The molecule has 1 amide bonds. The van der Waals surface area contributed by atoms with E-state index in [1.165, 1.54) is 28.5 Å². The Bertz CT molecular complexity index is 615. The summed E-state index contributed by atoms with van der Waals surface area (Å²) < 4.78 is 26.8. The van der Waals surface area contributed by atoms with Crippen molar-refractivity contribution < 1.29 is 13.2 Å².